The summed E-state index contributed by atoms with van der Waals surface area (Å²) < 4.78 is 7.71. The highest BCUT2D eigenvalue weighted by atomic mass is 32.2. The van der Waals surface area contributed by atoms with Crippen molar-refractivity contribution in [3.63, 3.8) is 0 Å². The van der Waals surface area contributed by atoms with Crippen LogP contribution in [0.3, 0.4) is 0 Å². The fourth-order valence-electron chi connectivity index (χ4n) is 3.55. The van der Waals surface area contributed by atoms with Gasteiger partial charge in [-0.3, -0.25) is 24.5 Å². The van der Waals surface area contributed by atoms with Gasteiger partial charge >= 0.3 is 0 Å². The van der Waals surface area contributed by atoms with E-state index in [1.54, 1.807) is 26.2 Å². The van der Waals surface area contributed by atoms with E-state index in [4.69, 9.17) is 4.42 Å². The third-order valence-corrected chi connectivity index (χ3v) is 6.02. The molecule has 0 spiro atoms. The summed E-state index contributed by atoms with van der Waals surface area (Å²) >= 11 is 1.29. The monoisotopic (exact) mass is 437 g/mol. The molecule has 1 amide bonds. The molecule has 1 saturated carbocycles. The summed E-state index contributed by atoms with van der Waals surface area (Å²) in [5.41, 5.74) is 1.11. The van der Waals surface area contributed by atoms with Crippen molar-refractivity contribution in [2.45, 2.75) is 37.9 Å². The zero-order valence-electron chi connectivity index (χ0n) is 16.9. The van der Waals surface area contributed by atoms with Gasteiger partial charge in [-0.15, -0.1) is 10.2 Å². The number of anilines is 1. The predicted octanol–water partition coefficient (Wildman–Crippen LogP) is 2.85. The van der Waals surface area contributed by atoms with Gasteiger partial charge < -0.3 is 4.42 Å². The third kappa shape index (κ3) is 3.61. The van der Waals surface area contributed by atoms with Gasteiger partial charge in [0.15, 0.2) is 11.0 Å². The van der Waals surface area contributed by atoms with Gasteiger partial charge in [0.2, 0.25) is 11.8 Å². The number of aryl methyl sites for hydroxylation is 2. The number of nitrogens with one attached hydrogen (secondary N) is 2. The van der Waals surface area contributed by atoms with E-state index in [1.165, 1.54) is 11.8 Å². The second kappa shape index (κ2) is 7.65. The molecule has 0 aliphatic heterocycles. The highest BCUT2D eigenvalue weighted by molar-refractivity contribution is 7.99. The lowest BCUT2D eigenvalue weighted by Crippen LogP contribution is -2.17. The zero-order valence-corrected chi connectivity index (χ0v) is 17.7. The first-order chi connectivity index (χ1) is 15.0. The Bertz CT molecular complexity index is 1340. The molecule has 158 valence electrons. The molecular formula is C20H19N7O3S. The van der Waals surface area contributed by atoms with E-state index < -0.39 is 5.56 Å². The molecule has 0 aromatic carbocycles. The van der Waals surface area contributed by atoms with Crippen LogP contribution in [0.4, 0.5) is 5.88 Å². The van der Waals surface area contributed by atoms with Crippen molar-refractivity contribution in [2.24, 2.45) is 0 Å². The van der Waals surface area contributed by atoms with Crippen LogP contribution in [0.2, 0.25) is 0 Å². The fourth-order valence-corrected chi connectivity index (χ4v) is 4.36. The van der Waals surface area contributed by atoms with E-state index >= 15 is 0 Å². The number of hydrogen-bond donors (Lipinski definition) is 2. The van der Waals surface area contributed by atoms with E-state index in [2.05, 4.69) is 35.3 Å². The van der Waals surface area contributed by atoms with Crippen LogP contribution in [0.5, 0.6) is 0 Å². The van der Waals surface area contributed by atoms with E-state index in [0.717, 1.165) is 24.2 Å². The largest absolute Gasteiger partial charge is 0.444 e. The number of aromatic amines is 1. The first kappa shape index (κ1) is 19.5. The lowest BCUT2D eigenvalue weighted by Gasteiger charge is -2.08. The Labute approximate surface area is 180 Å². The van der Waals surface area contributed by atoms with Crippen molar-refractivity contribution >= 4 is 34.3 Å². The van der Waals surface area contributed by atoms with Crippen molar-refractivity contribution in [1.29, 1.82) is 0 Å². The Balaban J connectivity index is 1.36. The van der Waals surface area contributed by atoms with Crippen molar-refractivity contribution in [3.05, 3.63) is 46.3 Å². The van der Waals surface area contributed by atoms with Gasteiger partial charge in [0, 0.05) is 24.0 Å². The summed E-state index contributed by atoms with van der Waals surface area (Å²) in [7, 11) is 0. The molecule has 4 aromatic rings. The second-order valence-electron chi connectivity index (χ2n) is 7.36. The lowest BCUT2D eigenvalue weighted by atomic mass is 10.2. The van der Waals surface area contributed by atoms with Crippen LogP contribution in [0.25, 0.3) is 22.2 Å². The average Bonchev–Trinajstić information content (AvgIpc) is 3.43. The first-order valence-electron chi connectivity index (χ1n) is 9.79. The minimum Gasteiger partial charge on any atom is -0.444 e. The summed E-state index contributed by atoms with van der Waals surface area (Å²) in [6.45, 7) is 3.51. The van der Waals surface area contributed by atoms with Gasteiger partial charge in [-0.25, -0.2) is 5.10 Å². The normalized spacial score (nSPS) is 13.6. The molecule has 1 fully saturated rings. The van der Waals surface area contributed by atoms with Crippen molar-refractivity contribution in [3.8, 4) is 11.4 Å². The molecule has 0 bridgehead atoms. The van der Waals surface area contributed by atoms with Gasteiger partial charge in [0.05, 0.1) is 16.8 Å². The topological polar surface area (TPSA) is 132 Å². The Morgan fingerprint density at radius 3 is 2.90 bits per heavy atom. The standard InChI is InChI=1S/C20H19N7O3S/c1-10-15-11(2)30-19(16(15)18(29)25-23-10)22-14(28)9-31-20-26-24-17(27(20)13-5-6-13)12-4-3-7-21-8-12/h3-4,7-8,13H,5-6,9H2,1-2H3,(H,22,28)(H,25,29). The van der Waals surface area contributed by atoms with E-state index in [1.807, 2.05) is 12.1 Å². The number of thioether (sulfide) groups is 1. The number of nitrogens with zero attached hydrogens (tertiary/aromatic N) is 5. The molecule has 31 heavy (non-hydrogen) atoms. The van der Waals surface area contributed by atoms with Crippen LogP contribution < -0.4 is 10.9 Å². The van der Waals surface area contributed by atoms with Gasteiger partial charge in [-0.2, -0.15) is 5.10 Å². The second-order valence-corrected chi connectivity index (χ2v) is 8.30. The van der Waals surface area contributed by atoms with E-state index in [-0.39, 0.29) is 17.5 Å². The highest BCUT2D eigenvalue weighted by Crippen LogP contribution is 2.41. The maximum atomic E-state index is 12.6. The van der Waals surface area contributed by atoms with Crippen molar-refractivity contribution in [1.82, 2.24) is 29.9 Å². The number of amides is 1. The van der Waals surface area contributed by atoms with Crippen molar-refractivity contribution in [2.75, 3.05) is 11.1 Å². The number of aromatic nitrogens is 6. The lowest BCUT2D eigenvalue weighted by molar-refractivity contribution is -0.113. The maximum Gasteiger partial charge on any atom is 0.277 e. The minimum atomic E-state index is -0.407. The summed E-state index contributed by atoms with van der Waals surface area (Å²) in [4.78, 5) is 29.0. The Kier molecular flexibility index (Phi) is 4.81. The minimum absolute atomic E-state index is 0.0983. The zero-order chi connectivity index (χ0) is 21.5. The first-order valence-corrected chi connectivity index (χ1v) is 10.8. The molecule has 1 aliphatic rings. The van der Waals surface area contributed by atoms with Crippen LogP contribution in [-0.4, -0.2) is 41.6 Å². The molecule has 0 radical (unpaired) electrons. The molecule has 10 nitrogen and oxygen atoms in total. The number of rotatable bonds is 6. The molecule has 0 saturated heterocycles. The van der Waals surface area contributed by atoms with Crippen LogP contribution >= 0.6 is 11.8 Å². The fraction of sp³-hybridized carbons (Fsp3) is 0.300. The number of fused-ring (bicyclic) bond motifs is 1. The summed E-state index contributed by atoms with van der Waals surface area (Å²) in [5, 5.41) is 19.3. The van der Waals surface area contributed by atoms with Crippen molar-refractivity contribution < 1.29 is 9.21 Å². The van der Waals surface area contributed by atoms with Crippen LogP contribution in [-0.2, 0) is 4.79 Å². The molecule has 11 heteroatoms. The SMILES string of the molecule is Cc1n[nH]c(=O)c2c(NC(=O)CSc3nnc(-c4cccnc4)n3C3CC3)oc(C)c12. The molecule has 4 heterocycles. The van der Waals surface area contributed by atoms with Gasteiger partial charge in [0.25, 0.3) is 5.56 Å². The predicted molar refractivity (Wildman–Crippen MR) is 115 cm³/mol. The number of carbonyl (C=O) groups is 1. The van der Waals surface area contributed by atoms with Gasteiger partial charge in [-0.1, -0.05) is 11.8 Å². The molecule has 2 N–H and O–H groups in total. The number of pyridine rings is 1. The molecule has 1 aliphatic carbocycles. The van der Waals surface area contributed by atoms with E-state index in [0.29, 0.717) is 33.4 Å². The Morgan fingerprint density at radius 1 is 1.32 bits per heavy atom. The number of carbonyl (C=O) groups excluding carboxylic acids is 1. The summed E-state index contributed by atoms with van der Waals surface area (Å²) in [5.74, 6) is 1.21. The number of H-pyrrole nitrogens is 1. The summed E-state index contributed by atoms with van der Waals surface area (Å²) in [6, 6.07) is 4.13. The smallest absolute Gasteiger partial charge is 0.277 e. The maximum absolute atomic E-state index is 12.6. The Hall–Kier alpha value is -3.47. The molecule has 4 aromatic heterocycles. The molecule has 0 unspecified atom stereocenters. The van der Waals surface area contributed by atoms with Crippen LogP contribution in [0.1, 0.15) is 30.3 Å². The summed E-state index contributed by atoms with van der Waals surface area (Å²) in [6.07, 6.45) is 5.57. The van der Waals surface area contributed by atoms with E-state index in [9.17, 15) is 9.59 Å². The highest BCUT2D eigenvalue weighted by Gasteiger charge is 2.30. The molecular weight excluding hydrogens is 418 g/mol. The quantitative estimate of drug-likeness (QED) is 0.440. The number of furan rings is 1. The number of hydrogen-bond acceptors (Lipinski definition) is 8. The molecule has 5 rings (SSSR count). The molecule has 0 atom stereocenters. The van der Waals surface area contributed by atoms with Crippen LogP contribution in [0, 0.1) is 13.8 Å². The van der Waals surface area contributed by atoms with Gasteiger partial charge in [-0.05, 0) is 38.8 Å². The third-order valence-electron chi connectivity index (χ3n) is 5.08. The average molecular weight is 437 g/mol. The van der Waals surface area contributed by atoms with Crippen LogP contribution in [0.15, 0.2) is 38.9 Å². The Morgan fingerprint density at radius 2 is 2.16 bits per heavy atom. The van der Waals surface area contributed by atoms with Gasteiger partial charge in [0.1, 0.15) is 11.1 Å².